The highest BCUT2D eigenvalue weighted by atomic mass is 31.1. The number of aliphatic hydroxyl groups excluding tert-OH is 6. The van der Waals surface area contributed by atoms with E-state index in [9.17, 15) is 45.0 Å². The molecule has 0 radical (unpaired) electrons. The van der Waals surface area contributed by atoms with Gasteiger partial charge in [-0.05, 0) is 36.7 Å². The van der Waals surface area contributed by atoms with Gasteiger partial charge in [-0.2, -0.15) is 0 Å². The molecule has 2 amide bonds. The number of carbonyl (C=O) groups excluding carboxylic acids is 3. The Hall–Kier alpha value is -3.94. The summed E-state index contributed by atoms with van der Waals surface area (Å²) in [4.78, 5) is 38.3. The van der Waals surface area contributed by atoms with E-state index in [-0.39, 0.29) is 32.3 Å². The second-order valence-electron chi connectivity index (χ2n) is 13.2. The minimum atomic E-state index is -1.79. The molecule has 8 N–H and O–H groups in total. The van der Waals surface area contributed by atoms with Crippen LogP contribution in [0.15, 0.2) is 78.9 Å². The summed E-state index contributed by atoms with van der Waals surface area (Å²) in [5, 5.41) is 69.5. The predicted octanol–water partition coefficient (Wildman–Crippen LogP) is -2.24. The van der Waals surface area contributed by atoms with Crippen molar-refractivity contribution in [3.05, 3.63) is 90.0 Å². The van der Waals surface area contributed by atoms with Gasteiger partial charge >= 0.3 is 5.97 Å². The summed E-state index contributed by atoms with van der Waals surface area (Å²) in [6.07, 6.45) is -13.7. The number of hydrogen-bond donors (Lipinski definition) is 8. The third kappa shape index (κ3) is 11.0. The molecule has 3 aromatic rings. The fourth-order valence-corrected chi connectivity index (χ4v) is 8.96. The Kier molecular flexibility index (Phi) is 16.4. The van der Waals surface area contributed by atoms with Gasteiger partial charge in [0.1, 0.15) is 48.8 Å². The Labute approximate surface area is 330 Å². The van der Waals surface area contributed by atoms with Gasteiger partial charge in [-0.15, -0.1) is 0 Å². The van der Waals surface area contributed by atoms with Gasteiger partial charge in [0.25, 0.3) is 5.91 Å². The second-order valence-corrected chi connectivity index (χ2v) is 15.4. The molecule has 310 valence electrons. The maximum atomic E-state index is 13.3. The van der Waals surface area contributed by atoms with E-state index in [1.165, 1.54) is 14.0 Å². The number of rotatable bonds is 17. The quantitative estimate of drug-likeness (QED) is 0.0408. The van der Waals surface area contributed by atoms with Gasteiger partial charge in [-0.1, -0.05) is 60.7 Å². The first kappa shape index (κ1) is 44.2. The molecule has 2 heterocycles. The lowest BCUT2D eigenvalue weighted by Crippen LogP contribution is -2.67. The van der Waals surface area contributed by atoms with Crippen molar-refractivity contribution in [3.8, 4) is 0 Å². The van der Waals surface area contributed by atoms with Gasteiger partial charge in [0.05, 0.1) is 45.7 Å². The van der Waals surface area contributed by atoms with Crippen LogP contribution in [0.3, 0.4) is 0 Å². The number of aliphatic hydroxyl groups is 6. The summed E-state index contributed by atoms with van der Waals surface area (Å²) in [6, 6.07) is 23.1. The normalized spacial score (nSPS) is 27.5. The Morgan fingerprint density at radius 3 is 1.98 bits per heavy atom. The molecule has 0 spiro atoms. The van der Waals surface area contributed by atoms with Crippen molar-refractivity contribution in [2.24, 2.45) is 0 Å². The Morgan fingerprint density at radius 1 is 0.754 bits per heavy atom. The monoisotopic (exact) mass is 816 g/mol. The van der Waals surface area contributed by atoms with Crippen molar-refractivity contribution in [1.29, 1.82) is 0 Å². The van der Waals surface area contributed by atoms with Gasteiger partial charge in [0, 0.05) is 24.3 Å². The molecule has 0 unspecified atom stereocenters. The number of amides is 2. The number of carbonyl (C=O) groups is 3. The van der Waals surface area contributed by atoms with E-state index in [0.29, 0.717) is 16.4 Å². The SMILES string of the molecule is COC(=O)c1ccc(C(=O)NCCOCCO[C@@H]2O[C@H](CO)[C@@H](O[C@@H]3O[C@H](CO)[C@H](O)[C@H](O)[C@H]3O)[C@H](O)[C@H]2NC(C)=O)cc1P(c1ccccc1)c1ccccc1. The highest BCUT2D eigenvalue weighted by Crippen LogP contribution is 2.35. The fraction of sp³-hybridized carbons (Fsp3) is 0.462. The summed E-state index contributed by atoms with van der Waals surface area (Å²) in [7, 11) is 0.0759. The van der Waals surface area contributed by atoms with Crippen molar-refractivity contribution in [3.63, 3.8) is 0 Å². The molecule has 0 bridgehead atoms. The summed E-state index contributed by atoms with van der Waals surface area (Å²) in [5.41, 5.74) is 0.693. The topological polar surface area (TPSA) is 252 Å². The third-order valence-electron chi connectivity index (χ3n) is 9.34. The standard InChI is InChI=1S/C39H49N2O15P/c1-22(44)41-30-32(46)35(56-39-34(48)33(47)31(45)27(20-42)54-39)28(21-43)55-38(30)53-18-17-52-16-15-40-36(49)23-13-14-26(37(50)51-2)29(19-23)57(24-9-5-3-6-10-24)25-11-7-4-8-12-25/h3-14,19,27-28,30-35,38-39,42-43,45-48H,15-18,20-21H2,1-2H3,(H,40,49)(H,41,44)/t27-,28-,30-,31+,32-,33+,34-,35-,38-,39+/m1/s1. The zero-order valence-electron chi connectivity index (χ0n) is 31.3. The van der Waals surface area contributed by atoms with Crippen LogP contribution in [0.1, 0.15) is 27.6 Å². The summed E-state index contributed by atoms with van der Waals surface area (Å²) in [5.74, 6) is -1.46. The maximum absolute atomic E-state index is 13.3. The van der Waals surface area contributed by atoms with Gasteiger partial charge in [0.2, 0.25) is 5.91 Å². The summed E-state index contributed by atoms with van der Waals surface area (Å²) < 4.78 is 33.4. The minimum Gasteiger partial charge on any atom is -0.465 e. The molecular formula is C39H49N2O15P. The molecule has 2 aliphatic heterocycles. The average Bonchev–Trinajstić information content (AvgIpc) is 3.22. The molecule has 0 aliphatic carbocycles. The molecule has 10 atom stereocenters. The smallest absolute Gasteiger partial charge is 0.338 e. The highest BCUT2D eigenvalue weighted by molar-refractivity contribution is 7.80. The molecule has 3 aromatic carbocycles. The van der Waals surface area contributed by atoms with E-state index in [1.807, 2.05) is 60.7 Å². The van der Waals surface area contributed by atoms with Gasteiger partial charge in [-0.3, -0.25) is 9.59 Å². The van der Waals surface area contributed by atoms with Gasteiger partial charge in [0.15, 0.2) is 12.6 Å². The number of nitrogens with one attached hydrogen (secondary N) is 2. The largest absolute Gasteiger partial charge is 0.465 e. The van der Waals surface area contributed by atoms with Gasteiger partial charge < -0.3 is 69.7 Å². The second kappa shape index (κ2) is 21.2. The van der Waals surface area contributed by atoms with E-state index in [0.717, 1.165) is 10.6 Å². The molecule has 2 aliphatic rings. The first-order chi connectivity index (χ1) is 27.5. The molecule has 0 aromatic heterocycles. The molecule has 2 saturated heterocycles. The van der Waals surface area contributed by atoms with E-state index < -0.39 is 94.4 Å². The zero-order chi connectivity index (χ0) is 41.1. The van der Waals surface area contributed by atoms with Crippen LogP contribution in [0.2, 0.25) is 0 Å². The summed E-state index contributed by atoms with van der Waals surface area (Å²) in [6.45, 7) is -0.101. The van der Waals surface area contributed by atoms with Gasteiger partial charge in [-0.25, -0.2) is 4.79 Å². The summed E-state index contributed by atoms with van der Waals surface area (Å²) >= 11 is 0. The first-order valence-corrected chi connectivity index (χ1v) is 19.6. The number of esters is 1. The van der Waals surface area contributed by atoms with Crippen LogP contribution in [-0.4, -0.2) is 156 Å². The molecule has 0 saturated carbocycles. The highest BCUT2D eigenvalue weighted by Gasteiger charge is 2.51. The molecule has 5 rings (SSSR count). The van der Waals surface area contributed by atoms with Crippen LogP contribution in [0, 0.1) is 0 Å². The predicted molar refractivity (Wildman–Crippen MR) is 204 cm³/mol. The molecule has 17 nitrogen and oxygen atoms in total. The number of methoxy groups -OCH3 is 1. The maximum Gasteiger partial charge on any atom is 0.338 e. The van der Waals surface area contributed by atoms with E-state index in [1.54, 1.807) is 18.2 Å². The lowest BCUT2D eigenvalue weighted by molar-refractivity contribution is -0.348. The Balaban J connectivity index is 1.16. The zero-order valence-corrected chi connectivity index (χ0v) is 32.2. The fourth-order valence-electron chi connectivity index (χ4n) is 6.49. The van der Waals surface area contributed by atoms with Crippen molar-refractivity contribution < 1.29 is 73.4 Å². The van der Waals surface area contributed by atoms with Crippen molar-refractivity contribution in [2.75, 3.05) is 46.7 Å². The molecule has 18 heteroatoms. The van der Waals surface area contributed by atoms with Crippen molar-refractivity contribution in [1.82, 2.24) is 10.6 Å². The minimum absolute atomic E-state index is 0.00360. The van der Waals surface area contributed by atoms with Crippen LogP contribution in [0.25, 0.3) is 0 Å². The number of hydrogen-bond acceptors (Lipinski definition) is 15. The van der Waals surface area contributed by atoms with Crippen LogP contribution < -0.4 is 26.5 Å². The molecule has 2 fully saturated rings. The number of ether oxygens (including phenoxy) is 6. The third-order valence-corrected chi connectivity index (χ3v) is 11.8. The molecule has 57 heavy (non-hydrogen) atoms. The lowest BCUT2D eigenvalue weighted by atomic mass is 9.95. The van der Waals surface area contributed by atoms with Crippen LogP contribution in [0.5, 0.6) is 0 Å². The van der Waals surface area contributed by atoms with Crippen molar-refractivity contribution >= 4 is 41.6 Å². The Bertz CT molecular complexity index is 1720. The van der Waals surface area contributed by atoms with E-state index in [4.69, 9.17) is 28.4 Å². The van der Waals surface area contributed by atoms with E-state index in [2.05, 4.69) is 10.6 Å². The Morgan fingerprint density at radius 2 is 1.39 bits per heavy atom. The van der Waals surface area contributed by atoms with Crippen LogP contribution >= 0.6 is 7.92 Å². The average molecular weight is 817 g/mol. The van der Waals surface area contributed by atoms with E-state index >= 15 is 0 Å². The lowest BCUT2D eigenvalue weighted by Gasteiger charge is -2.47. The van der Waals surface area contributed by atoms with Crippen molar-refractivity contribution in [2.45, 2.75) is 68.3 Å². The first-order valence-electron chi connectivity index (χ1n) is 18.3. The molecular weight excluding hydrogens is 767 g/mol. The number of benzene rings is 3. The van der Waals surface area contributed by atoms with Crippen LogP contribution in [0.4, 0.5) is 0 Å². The van der Waals surface area contributed by atoms with Crippen LogP contribution in [-0.2, 0) is 33.2 Å².